The maximum absolute atomic E-state index is 10.6. The van der Waals surface area contributed by atoms with E-state index >= 15 is 0 Å². The Morgan fingerprint density at radius 1 is 0.508 bits per heavy atom. The molecule has 3 heterocycles. The van der Waals surface area contributed by atoms with Crippen LogP contribution in [0, 0.1) is 17.9 Å². The number of hydrogen-bond donors (Lipinski definition) is 0. The third-order valence-corrected chi connectivity index (χ3v) is 10.8. The predicted molar refractivity (Wildman–Crippen MR) is 239 cm³/mol. The first-order valence-electron chi connectivity index (χ1n) is 19.3. The van der Waals surface area contributed by atoms with Gasteiger partial charge in [-0.1, -0.05) is 115 Å². The number of nitrogens with zero attached hydrogens (tertiary/aromatic N) is 7. The summed E-state index contributed by atoms with van der Waals surface area (Å²) in [6.45, 7) is 8.16. The summed E-state index contributed by atoms with van der Waals surface area (Å²) in [5, 5.41) is 17.0. The van der Waals surface area contributed by atoms with Crippen LogP contribution in [0.15, 0.2) is 188 Å². The van der Waals surface area contributed by atoms with E-state index in [4.69, 9.17) is 21.5 Å². The minimum Gasteiger partial charge on any atom is -0.312 e. The number of hydrogen-bond acceptors (Lipinski definition) is 6. The highest BCUT2D eigenvalue weighted by molar-refractivity contribution is 6.28. The zero-order chi connectivity index (χ0) is 39.7. The quantitative estimate of drug-likeness (QED) is 0.108. The normalized spacial score (nSPS) is 11.1. The fourth-order valence-corrected chi connectivity index (χ4v) is 8.19. The molecule has 0 saturated heterocycles. The number of aromatic nitrogens is 3. The lowest BCUT2D eigenvalue weighted by Crippen LogP contribution is -2.15. The average molecular weight is 756 g/mol. The zero-order valence-corrected chi connectivity index (χ0v) is 31.7. The summed E-state index contributed by atoms with van der Waals surface area (Å²) in [7, 11) is 0. The molecule has 0 saturated carbocycles. The van der Waals surface area contributed by atoms with Crippen LogP contribution in [0.2, 0.25) is 0 Å². The molecule has 7 heteroatoms. The maximum Gasteiger partial charge on any atom is 0.241 e. The van der Waals surface area contributed by atoms with Gasteiger partial charge in [-0.15, -0.1) is 0 Å². The van der Waals surface area contributed by atoms with Gasteiger partial charge in [-0.3, -0.25) is 9.80 Å². The first kappa shape index (κ1) is 35.1. The second-order valence-corrected chi connectivity index (χ2v) is 14.2. The molecule has 0 bridgehead atoms. The molecule has 7 nitrogen and oxygen atoms in total. The van der Waals surface area contributed by atoms with Gasteiger partial charge in [0.2, 0.25) is 6.54 Å². The second-order valence-electron chi connectivity index (χ2n) is 14.2. The number of rotatable bonds is 9. The molecule has 0 aliphatic carbocycles. The molecule has 0 aliphatic rings. The number of anilines is 6. The lowest BCUT2D eigenvalue weighted by molar-refractivity contribution is 1.12. The lowest BCUT2D eigenvalue weighted by Gasteiger charge is -2.29. The molecule has 0 spiro atoms. The van der Waals surface area contributed by atoms with Gasteiger partial charge in [0.25, 0.3) is 0 Å². The van der Waals surface area contributed by atoms with Crippen molar-refractivity contribution in [3.8, 4) is 28.3 Å². The van der Waals surface area contributed by atoms with E-state index in [0.717, 1.165) is 83.0 Å². The van der Waals surface area contributed by atoms with Crippen molar-refractivity contribution in [2.45, 2.75) is 6.54 Å². The molecule has 0 atom stereocenters. The Labute approximate surface area is 341 Å². The van der Waals surface area contributed by atoms with Crippen molar-refractivity contribution in [2.24, 2.45) is 0 Å². The van der Waals surface area contributed by atoms with Crippen molar-refractivity contribution in [2.75, 3.05) is 9.80 Å². The Balaban J connectivity index is 1.20. The van der Waals surface area contributed by atoms with Crippen molar-refractivity contribution in [1.29, 1.82) is 5.26 Å². The van der Waals surface area contributed by atoms with Crippen LogP contribution in [0.4, 0.5) is 34.5 Å². The molecule has 10 rings (SSSR count). The second kappa shape index (κ2) is 14.9. The van der Waals surface area contributed by atoms with Crippen LogP contribution in [-0.2, 0) is 6.54 Å². The van der Waals surface area contributed by atoms with Crippen molar-refractivity contribution in [3.63, 3.8) is 0 Å². The molecular formula is C52H33N7. The van der Waals surface area contributed by atoms with Crippen LogP contribution in [0.5, 0.6) is 0 Å². The first-order valence-corrected chi connectivity index (χ1v) is 19.3. The molecule has 59 heavy (non-hydrogen) atoms. The highest BCUT2D eigenvalue weighted by Gasteiger charge is 2.26. The van der Waals surface area contributed by atoms with E-state index in [1.165, 1.54) is 0 Å². The van der Waals surface area contributed by atoms with Crippen LogP contribution in [-0.4, -0.2) is 15.0 Å². The summed E-state index contributed by atoms with van der Waals surface area (Å²) >= 11 is 0. The molecule has 0 radical (unpaired) electrons. The van der Waals surface area contributed by atoms with Crippen LogP contribution in [0.1, 0.15) is 11.1 Å². The van der Waals surface area contributed by atoms with Crippen molar-refractivity contribution in [3.05, 3.63) is 211 Å². The van der Waals surface area contributed by atoms with Crippen LogP contribution < -0.4 is 9.80 Å². The summed E-state index contributed by atoms with van der Waals surface area (Å²) in [4.78, 5) is 22.7. The van der Waals surface area contributed by atoms with Gasteiger partial charge in [0.15, 0.2) is 5.82 Å². The Kier molecular flexibility index (Phi) is 8.87. The van der Waals surface area contributed by atoms with E-state index in [1.54, 1.807) is 12.4 Å². The van der Waals surface area contributed by atoms with Crippen LogP contribution in [0.25, 0.3) is 59.4 Å². The van der Waals surface area contributed by atoms with Crippen LogP contribution >= 0.6 is 0 Å². The minimum absolute atomic E-state index is 0.211. The fraction of sp³-hybridized carbons (Fsp3) is 0.0192. The summed E-state index contributed by atoms with van der Waals surface area (Å²) < 4.78 is 0. The average Bonchev–Trinajstić information content (AvgIpc) is 3.31. The summed E-state index contributed by atoms with van der Waals surface area (Å²) in [5.41, 5.74) is 8.03. The largest absolute Gasteiger partial charge is 0.312 e. The minimum atomic E-state index is 0.211. The molecule has 0 aliphatic heterocycles. The monoisotopic (exact) mass is 755 g/mol. The third-order valence-electron chi connectivity index (χ3n) is 10.8. The highest BCUT2D eigenvalue weighted by Crippen LogP contribution is 2.48. The van der Waals surface area contributed by atoms with Gasteiger partial charge in [0.1, 0.15) is 17.7 Å². The summed E-state index contributed by atoms with van der Waals surface area (Å²) in [6.07, 6.45) is 5.39. The van der Waals surface area contributed by atoms with Gasteiger partial charge in [-0.25, -0.2) is 21.5 Å². The van der Waals surface area contributed by atoms with Gasteiger partial charge < -0.3 is 4.85 Å². The number of benzene rings is 7. The van der Waals surface area contributed by atoms with Crippen molar-refractivity contribution >= 4 is 66.8 Å². The van der Waals surface area contributed by atoms with Crippen LogP contribution in [0.3, 0.4) is 0 Å². The molecule has 0 N–H and O–H groups in total. The lowest BCUT2D eigenvalue weighted by atomic mass is 9.91. The molecular weight excluding hydrogens is 723 g/mol. The van der Waals surface area contributed by atoms with Gasteiger partial charge in [0.05, 0.1) is 28.2 Å². The number of pyridine rings is 3. The van der Waals surface area contributed by atoms with Gasteiger partial charge in [-0.2, -0.15) is 5.26 Å². The smallest absolute Gasteiger partial charge is 0.241 e. The molecule has 0 fully saturated rings. The molecule has 10 aromatic rings. The molecule has 276 valence electrons. The zero-order valence-electron chi connectivity index (χ0n) is 31.7. The van der Waals surface area contributed by atoms with E-state index in [0.29, 0.717) is 17.2 Å². The van der Waals surface area contributed by atoms with E-state index in [9.17, 15) is 5.26 Å². The van der Waals surface area contributed by atoms with Gasteiger partial charge in [-0.05, 0) is 92.8 Å². The summed E-state index contributed by atoms with van der Waals surface area (Å²) in [6, 6.07) is 59.9. The topological polar surface area (TPSA) is 73.3 Å². The predicted octanol–water partition coefficient (Wildman–Crippen LogP) is 13.3. The van der Waals surface area contributed by atoms with E-state index < -0.39 is 0 Å². The Morgan fingerprint density at radius 3 is 1.63 bits per heavy atom. The fourth-order valence-electron chi connectivity index (χ4n) is 8.19. The van der Waals surface area contributed by atoms with E-state index in [1.807, 2.05) is 102 Å². The Bertz CT molecular complexity index is 3210. The Morgan fingerprint density at radius 2 is 1.05 bits per heavy atom. The van der Waals surface area contributed by atoms with E-state index in [2.05, 4.69) is 94.7 Å². The van der Waals surface area contributed by atoms with Crippen molar-refractivity contribution < 1.29 is 0 Å². The SMILES string of the molecule is [C-]#[N+]Cc1cc(-c2ccccc2)ccc1N(c1ccccn1)c1ccc2ccc3c(N(c4ccccn4)c4ncc(-c5ccccc5)cc4C#N)ccc4ccc1c2c43. The Hall–Kier alpha value is -8.39. The third kappa shape index (κ3) is 6.21. The van der Waals surface area contributed by atoms with Crippen molar-refractivity contribution in [1.82, 2.24) is 15.0 Å². The maximum atomic E-state index is 10.6. The van der Waals surface area contributed by atoms with Gasteiger partial charge >= 0.3 is 0 Å². The molecule has 3 aromatic heterocycles. The van der Waals surface area contributed by atoms with E-state index in [-0.39, 0.29) is 6.54 Å². The molecule has 0 amide bonds. The van der Waals surface area contributed by atoms with Gasteiger partial charge in [0, 0.05) is 34.9 Å². The highest BCUT2D eigenvalue weighted by atomic mass is 15.2. The number of nitriles is 1. The molecule has 7 aromatic carbocycles. The summed E-state index contributed by atoms with van der Waals surface area (Å²) in [5.74, 6) is 1.89. The standard InChI is InChI=1S/C52H33N7/c1-54-33-42-30-39(35-12-4-2-5-13-35)22-25-45(42)58(48-16-8-10-28-55-48)46-26-20-37-19-24-44-47(27-21-38-18-23-43(46)50(37)51(38)44)59(49-17-9-11-29-56-49)52-40(32-53)31-41(34-57-52)36-14-6-3-7-15-36/h2-31,34H,33H2. The first-order chi connectivity index (χ1) is 29.2. The molecule has 0 unspecified atom stereocenters.